The van der Waals surface area contributed by atoms with Crippen LogP contribution in [0.25, 0.3) is 5.65 Å². The topological polar surface area (TPSA) is 236 Å². The lowest BCUT2D eigenvalue weighted by atomic mass is 10.0. The molecule has 4 heterocycles. The Balaban J connectivity index is 0.886. The second kappa shape index (κ2) is 18.8. The number of imide groups is 2. The Hall–Kier alpha value is -5.96. The molecule has 1 fully saturated rings. The molecule has 1 atom stereocenters. The summed E-state index contributed by atoms with van der Waals surface area (Å²) in [6, 6.07) is 7.21. The molecular weight excluding hydrogens is 765 g/mol. The van der Waals surface area contributed by atoms with Gasteiger partial charge < -0.3 is 44.8 Å². The number of fused-ring (bicyclic) bond motifs is 2. The minimum atomic E-state index is -1.03. The Bertz CT molecular complexity index is 2140. The fraction of sp³-hybridized carbons (Fsp3) is 0.378. The maximum Gasteiger partial charge on any atom is 0.264 e. The van der Waals surface area contributed by atoms with E-state index in [1.165, 1.54) is 32.0 Å². The van der Waals surface area contributed by atoms with E-state index in [-0.39, 0.29) is 48.6 Å². The van der Waals surface area contributed by atoms with Crippen LogP contribution in [0, 0.1) is 0 Å². The van der Waals surface area contributed by atoms with Crippen molar-refractivity contribution in [3.8, 4) is 17.2 Å². The van der Waals surface area contributed by atoms with E-state index in [4.69, 9.17) is 34.2 Å². The molecule has 0 aliphatic carbocycles. The molecule has 302 valence electrons. The first-order valence-electron chi connectivity index (χ1n) is 17.8. The Morgan fingerprint density at radius 2 is 1.65 bits per heavy atom. The van der Waals surface area contributed by atoms with Gasteiger partial charge in [0.25, 0.3) is 17.7 Å². The van der Waals surface area contributed by atoms with Crippen LogP contribution in [0.5, 0.6) is 17.2 Å². The zero-order chi connectivity index (χ0) is 40.5. The first-order chi connectivity index (χ1) is 27.7. The minimum absolute atomic E-state index is 0.0500. The molecular formula is C37H42N8O11S. The number of ether oxygens (including phenoxy) is 6. The molecule has 2 aromatic carbocycles. The van der Waals surface area contributed by atoms with Gasteiger partial charge in [-0.25, -0.2) is 9.97 Å². The molecule has 5 N–H and O–H groups in total. The van der Waals surface area contributed by atoms with Crippen molar-refractivity contribution in [2.45, 2.75) is 24.0 Å². The highest BCUT2D eigenvalue weighted by molar-refractivity contribution is 7.98. The van der Waals surface area contributed by atoms with E-state index in [2.05, 4.69) is 25.9 Å². The van der Waals surface area contributed by atoms with Crippen LogP contribution in [0.1, 0.15) is 43.9 Å². The predicted molar refractivity (Wildman–Crippen MR) is 206 cm³/mol. The van der Waals surface area contributed by atoms with E-state index in [1.807, 2.05) is 6.26 Å². The zero-order valence-electron chi connectivity index (χ0n) is 31.5. The van der Waals surface area contributed by atoms with E-state index in [1.54, 1.807) is 41.1 Å². The second-order valence-electron chi connectivity index (χ2n) is 12.4. The van der Waals surface area contributed by atoms with Crippen molar-refractivity contribution in [3.05, 3.63) is 59.4 Å². The molecule has 2 aromatic heterocycles. The van der Waals surface area contributed by atoms with Crippen LogP contribution in [-0.4, -0.2) is 128 Å². The highest BCUT2D eigenvalue weighted by Crippen LogP contribution is 2.41. The smallest absolute Gasteiger partial charge is 0.264 e. The van der Waals surface area contributed by atoms with Crippen molar-refractivity contribution < 1.29 is 52.4 Å². The summed E-state index contributed by atoms with van der Waals surface area (Å²) >= 11 is 1.39. The van der Waals surface area contributed by atoms with Gasteiger partial charge in [0, 0.05) is 48.9 Å². The van der Waals surface area contributed by atoms with Crippen LogP contribution < -0.4 is 35.9 Å². The molecule has 0 saturated carbocycles. The number of aromatic nitrogens is 3. The van der Waals surface area contributed by atoms with Crippen LogP contribution >= 0.6 is 11.8 Å². The highest BCUT2D eigenvalue weighted by atomic mass is 32.2. The number of piperidine rings is 1. The van der Waals surface area contributed by atoms with Gasteiger partial charge in [0.05, 0.1) is 65.0 Å². The summed E-state index contributed by atoms with van der Waals surface area (Å²) in [4.78, 5) is 72.4. The van der Waals surface area contributed by atoms with E-state index >= 15 is 0 Å². The number of nitrogens with one attached hydrogen (secondary N) is 3. The number of carbonyl (C=O) groups excluding carboxylic acids is 5. The number of anilines is 3. The number of amides is 5. The summed E-state index contributed by atoms with van der Waals surface area (Å²) < 4.78 is 35.7. The zero-order valence-corrected chi connectivity index (χ0v) is 32.3. The monoisotopic (exact) mass is 806 g/mol. The summed E-state index contributed by atoms with van der Waals surface area (Å²) in [5.74, 6) is -1.59. The summed E-state index contributed by atoms with van der Waals surface area (Å²) in [6.45, 7) is 2.39. The lowest BCUT2D eigenvalue weighted by molar-refractivity contribution is -0.136. The van der Waals surface area contributed by atoms with Gasteiger partial charge in [-0.3, -0.25) is 38.6 Å². The fourth-order valence-electron chi connectivity index (χ4n) is 6.31. The number of hydrogen-bond acceptors (Lipinski definition) is 16. The molecule has 57 heavy (non-hydrogen) atoms. The van der Waals surface area contributed by atoms with Crippen molar-refractivity contribution in [2.24, 2.45) is 5.73 Å². The number of primary amides is 1. The lowest BCUT2D eigenvalue weighted by Gasteiger charge is -2.27. The third kappa shape index (κ3) is 9.04. The molecule has 1 unspecified atom stereocenters. The van der Waals surface area contributed by atoms with Gasteiger partial charge in [0.15, 0.2) is 22.3 Å². The van der Waals surface area contributed by atoms with Gasteiger partial charge in [-0.2, -0.15) is 0 Å². The van der Waals surface area contributed by atoms with E-state index in [0.717, 1.165) is 4.90 Å². The average Bonchev–Trinajstić information content (AvgIpc) is 3.78. The average molecular weight is 807 g/mol. The normalized spacial score (nSPS) is 15.1. The quantitative estimate of drug-likeness (QED) is 0.0409. The SMILES string of the molecule is COc1cc(Nc2nc(SC)n3ccnc3c2C(N)=O)cc(OC)c1OCCOCCOCCOCCNc1cccc2c1C(=O)N(C1CCC(=O)NC1=O)C2=O. The Morgan fingerprint density at radius 1 is 0.965 bits per heavy atom. The van der Waals surface area contributed by atoms with Gasteiger partial charge in [0.2, 0.25) is 17.6 Å². The largest absolute Gasteiger partial charge is 0.493 e. The van der Waals surface area contributed by atoms with Crippen molar-refractivity contribution in [2.75, 3.05) is 83.9 Å². The molecule has 19 nitrogen and oxygen atoms in total. The number of thioether (sulfide) groups is 1. The third-order valence-electron chi connectivity index (χ3n) is 8.92. The molecule has 2 aliphatic rings. The van der Waals surface area contributed by atoms with Crippen LogP contribution in [0.4, 0.5) is 17.2 Å². The van der Waals surface area contributed by atoms with E-state index < -0.39 is 35.6 Å². The Labute approximate surface area is 330 Å². The standard InChI is InChI=1S/C37H42N8O11S/c1-51-25-19-21(41-32-29(31(38)47)33-40-9-11-44(33)37(43-32)57-3)20-26(52-2)30(25)56-18-17-55-16-15-54-14-13-53-12-10-39-23-6-4-5-22-28(23)36(50)45(35(22)49)24-7-8-27(46)42-34(24)48/h4-6,9,11,19-20,24,39,41H,7-8,10,12-18H2,1-3H3,(H2,38,47)(H,42,46,48). The summed E-state index contributed by atoms with van der Waals surface area (Å²) in [6.07, 6.45) is 5.27. The summed E-state index contributed by atoms with van der Waals surface area (Å²) in [7, 11) is 2.99. The molecule has 20 heteroatoms. The van der Waals surface area contributed by atoms with Gasteiger partial charge >= 0.3 is 0 Å². The maximum absolute atomic E-state index is 13.2. The minimum Gasteiger partial charge on any atom is -0.493 e. The van der Waals surface area contributed by atoms with Crippen LogP contribution in [0.2, 0.25) is 0 Å². The molecule has 5 amide bonds. The van der Waals surface area contributed by atoms with Crippen LogP contribution in [0.3, 0.4) is 0 Å². The van der Waals surface area contributed by atoms with Gasteiger partial charge in [-0.15, -0.1) is 0 Å². The first kappa shape index (κ1) is 40.7. The number of nitrogens with two attached hydrogens (primary N) is 1. The number of hydrogen-bond donors (Lipinski definition) is 4. The van der Waals surface area contributed by atoms with Crippen molar-refractivity contribution in [1.29, 1.82) is 0 Å². The summed E-state index contributed by atoms with van der Waals surface area (Å²) in [5, 5.41) is 9.08. The van der Waals surface area contributed by atoms with E-state index in [9.17, 15) is 24.0 Å². The molecule has 6 rings (SSSR count). The number of rotatable bonds is 21. The molecule has 2 aliphatic heterocycles. The number of benzene rings is 2. The summed E-state index contributed by atoms with van der Waals surface area (Å²) in [5.41, 5.74) is 7.57. The van der Waals surface area contributed by atoms with Gasteiger partial charge in [0.1, 0.15) is 24.0 Å². The fourth-order valence-corrected chi connectivity index (χ4v) is 6.84. The van der Waals surface area contributed by atoms with Crippen LogP contribution in [0.15, 0.2) is 47.9 Å². The van der Waals surface area contributed by atoms with Gasteiger partial charge in [-0.1, -0.05) is 17.8 Å². The molecule has 0 spiro atoms. The van der Waals surface area contributed by atoms with Crippen LogP contribution in [-0.2, 0) is 23.8 Å². The second-order valence-corrected chi connectivity index (χ2v) is 13.2. The van der Waals surface area contributed by atoms with Gasteiger partial charge in [-0.05, 0) is 24.8 Å². The number of methoxy groups -OCH3 is 2. The molecule has 0 radical (unpaired) electrons. The third-order valence-corrected chi connectivity index (χ3v) is 9.57. The van der Waals surface area contributed by atoms with Crippen molar-refractivity contribution in [1.82, 2.24) is 24.6 Å². The first-order valence-corrected chi connectivity index (χ1v) is 19.1. The Kier molecular flexibility index (Phi) is 13.4. The molecule has 1 saturated heterocycles. The maximum atomic E-state index is 13.2. The number of imidazole rings is 1. The molecule has 0 bridgehead atoms. The molecule has 4 aromatic rings. The highest BCUT2D eigenvalue weighted by Gasteiger charge is 2.45. The van der Waals surface area contributed by atoms with Crippen molar-refractivity contribution >= 4 is 64.1 Å². The number of carbonyl (C=O) groups is 5. The van der Waals surface area contributed by atoms with E-state index in [0.29, 0.717) is 79.0 Å². The Morgan fingerprint density at radius 3 is 2.30 bits per heavy atom. The lowest BCUT2D eigenvalue weighted by Crippen LogP contribution is -2.54. The van der Waals surface area contributed by atoms with Crippen molar-refractivity contribution in [3.63, 3.8) is 0 Å². The number of nitrogens with zero attached hydrogens (tertiary/aromatic N) is 4. The predicted octanol–water partition coefficient (Wildman–Crippen LogP) is 2.25.